The SMILES string of the molecule is CCC(=O)NCc1noc([C@@H]2CCC(=O)N2Cc2ccccc2F)n1. The van der Waals surface area contributed by atoms with Gasteiger partial charge >= 0.3 is 0 Å². The number of hydrogen-bond acceptors (Lipinski definition) is 5. The molecule has 0 bridgehead atoms. The van der Waals surface area contributed by atoms with Gasteiger partial charge in [-0.2, -0.15) is 4.98 Å². The van der Waals surface area contributed by atoms with E-state index in [2.05, 4.69) is 15.5 Å². The van der Waals surface area contributed by atoms with Crippen molar-refractivity contribution >= 4 is 11.8 Å². The van der Waals surface area contributed by atoms with Crippen molar-refractivity contribution in [1.29, 1.82) is 0 Å². The average Bonchev–Trinajstić information content (AvgIpc) is 3.22. The number of likely N-dealkylation sites (tertiary alicyclic amines) is 1. The maximum absolute atomic E-state index is 13.9. The number of hydrogen-bond donors (Lipinski definition) is 1. The molecule has 0 saturated carbocycles. The molecule has 0 spiro atoms. The highest BCUT2D eigenvalue weighted by Gasteiger charge is 2.36. The summed E-state index contributed by atoms with van der Waals surface area (Å²) in [6, 6.07) is 5.98. The van der Waals surface area contributed by atoms with Crippen LogP contribution in [-0.2, 0) is 22.7 Å². The van der Waals surface area contributed by atoms with Gasteiger partial charge in [0.15, 0.2) is 5.82 Å². The van der Waals surface area contributed by atoms with Crippen LogP contribution < -0.4 is 5.32 Å². The Kier molecular flexibility index (Phi) is 5.06. The van der Waals surface area contributed by atoms with E-state index in [9.17, 15) is 14.0 Å². The van der Waals surface area contributed by atoms with E-state index in [4.69, 9.17) is 4.52 Å². The Morgan fingerprint density at radius 3 is 3.00 bits per heavy atom. The number of halogens is 1. The summed E-state index contributed by atoms with van der Waals surface area (Å²) in [6.45, 7) is 2.08. The molecular weight excluding hydrogens is 327 g/mol. The van der Waals surface area contributed by atoms with Crippen molar-refractivity contribution in [2.75, 3.05) is 0 Å². The molecule has 0 unspecified atom stereocenters. The summed E-state index contributed by atoms with van der Waals surface area (Å²) in [7, 11) is 0. The number of aromatic nitrogens is 2. The molecule has 25 heavy (non-hydrogen) atoms. The average molecular weight is 346 g/mol. The summed E-state index contributed by atoms with van der Waals surface area (Å²) in [5, 5.41) is 6.50. The molecule has 1 N–H and O–H groups in total. The number of amides is 2. The fourth-order valence-electron chi connectivity index (χ4n) is 2.78. The van der Waals surface area contributed by atoms with Crippen molar-refractivity contribution < 1.29 is 18.5 Å². The summed E-state index contributed by atoms with van der Waals surface area (Å²) in [5.41, 5.74) is 0.442. The van der Waals surface area contributed by atoms with Crippen LogP contribution in [0.5, 0.6) is 0 Å². The summed E-state index contributed by atoms with van der Waals surface area (Å²) in [5.74, 6) is 0.121. The molecule has 1 aromatic carbocycles. The maximum Gasteiger partial charge on any atom is 0.249 e. The van der Waals surface area contributed by atoms with Crippen LogP contribution in [0.25, 0.3) is 0 Å². The third-order valence-corrected chi connectivity index (χ3v) is 4.16. The summed E-state index contributed by atoms with van der Waals surface area (Å²) in [4.78, 5) is 29.3. The normalized spacial score (nSPS) is 17.1. The number of rotatable bonds is 6. The van der Waals surface area contributed by atoms with Crippen LogP contribution in [0.1, 0.15) is 49.5 Å². The minimum absolute atomic E-state index is 0.0766. The van der Waals surface area contributed by atoms with E-state index in [1.165, 1.54) is 6.07 Å². The molecule has 1 fully saturated rings. The molecule has 2 aromatic rings. The van der Waals surface area contributed by atoms with Crippen molar-refractivity contribution in [3.8, 4) is 0 Å². The van der Waals surface area contributed by atoms with E-state index in [1.54, 1.807) is 30.0 Å². The first-order valence-corrected chi connectivity index (χ1v) is 8.20. The Balaban J connectivity index is 1.72. The molecule has 0 aliphatic carbocycles. The van der Waals surface area contributed by atoms with Gasteiger partial charge in [-0.05, 0) is 12.5 Å². The van der Waals surface area contributed by atoms with Gasteiger partial charge in [-0.1, -0.05) is 30.3 Å². The lowest BCUT2D eigenvalue weighted by atomic mass is 10.1. The predicted molar refractivity (Wildman–Crippen MR) is 85.4 cm³/mol. The molecule has 1 aliphatic rings. The summed E-state index contributed by atoms with van der Waals surface area (Å²) >= 11 is 0. The Hall–Kier alpha value is -2.77. The molecule has 2 amide bonds. The third-order valence-electron chi connectivity index (χ3n) is 4.16. The van der Waals surface area contributed by atoms with E-state index in [0.29, 0.717) is 36.5 Å². The van der Waals surface area contributed by atoms with E-state index in [1.807, 2.05) is 0 Å². The molecule has 132 valence electrons. The van der Waals surface area contributed by atoms with Crippen molar-refractivity contribution in [1.82, 2.24) is 20.4 Å². The molecular formula is C17H19FN4O3. The Bertz CT molecular complexity index is 777. The van der Waals surface area contributed by atoms with Gasteiger partial charge in [-0.15, -0.1) is 0 Å². The molecule has 1 saturated heterocycles. The largest absolute Gasteiger partial charge is 0.349 e. The highest BCUT2D eigenvalue weighted by atomic mass is 19.1. The van der Waals surface area contributed by atoms with Gasteiger partial charge in [0.05, 0.1) is 6.54 Å². The second-order valence-corrected chi connectivity index (χ2v) is 5.85. The summed E-state index contributed by atoms with van der Waals surface area (Å²) in [6.07, 6.45) is 1.26. The Morgan fingerprint density at radius 1 is 1.44 bits per heavy atom. The van der Waals surface area contributed by atoms with Gasteiger partial charge < -0.3 is 14.7 Å². The van der Waals surface area contributed by atoms with Gasteiger partial charge in [0.25, 0.3) is 0 Å². The van der Waals surface area contributed by atoms with Crippen LogP contribution in [0.2, 0.25) is 0 Å². The first kappa shape index (κ1) is 17.1. The van der Waals surface area contributed by atoms with Gasteiger partial charge in [0.2, 0.25) is 17.7 Å². The molecule has 0 radical (unpaired) electrons. The first-order chi connectivity index (χ1) is 12.1. The van der Waals surface area contributed by atoms with E-state index < -0.39 is 0 Å². The van der Waals surface area contributed by atoms with Crippen LogP contribution in [0, 0.1) is 5.82 Å². The van der Waals surface area contributed by atoms with Crippen LogP contribution in [0.15, 0.2) is 28.8 Å². The molecule has 3 rings (SSSR count). The number of benzene rings is 1. The van der Waals surface area contributed by atoms with Gasteiger partial charge in [-0.25, -0.2) is 4.39 Å². The van der Waals surface area contributed by atoms with Gasteiger partial charge in [0, 0.05) is 24.9 Å². The van der Waals surface area contributed by atoms with Crippen molar-refractivity contribution in [3.63, 3.8) is 0 Å². The predicted octanol–water partition coefficient (Wildman–Crippen LogP) is 2.10. The topological polar surface area (TPSA) is 88.3 Å². The lowest BCUT2D eigenvalue weighted by molar-refractivity contribution is -0.130. The third kappa shape index (κ3) is 3.84. The maximum atomic E-state index is 13.9. The lowest BCUT2D eigenvalue weighted by Gasteiger charge is -2.22. The van der Waals surface area contributed by atoms with Gasteiger partial charge in [-0.3, -0.25) is 9.59 Å². The molecule has 8 heteroatoms. The first-order valence-electron chi connectivity index (χ1n) is 8.20. The van der Waals surface area contributed by atoms with Crippen LogP contribution in [0.3, 0.4) is 0 Å². The zero-order chi connectivity index (χ0) is 17.8. The minimum Gasteiger partial charge on any atom is -0.349 e. The number of carbonyl (C=O) groups is 2. The minimum atomic E-state index is -0.379. The molecule has 2 heterocycles. The second-order valence-electron chi connectivity index (χ2n) is 5.85. The smallest absolute Gasteiger partial charge is 0.249 e. The molecule has 7 nitrogen and oxygen atoms in total. The number of carbonyl (C=O) groups excluding carboxylic acids is 2. The zero-order valence-electron chi connectivity index (χ0n) is 13.9. The number of nitrogens with one attached hydrogen (secondary N) is 1. The van der Waals surface area contributed by atoms with Crippen molar-refractivity contribution in [2.24, 2.45) is 0 Å². The molecule has 1 aromatic heterocycles. The monoisotopic (exact) mass is 346 g/mol. The van der Waals surface area contributed by atoms with Crippen molar-refractivity contribution in [2.45, 2.75) is 45.3 Å². The van der Waals surface area contributed by atoms with E-state index >= 15 is 0 Å². The van der Waals surface area contributed by atoms with Crippen LogP contribution in [-0.4, -0.2) is 26.9 Å². The molecule has 1 aliphatic heterocycles. The lowest BCUT2D eigenvalue weighted by Crippen LogP contribution is -2.28. The molecule has 1 atom stereocenters. The highest BCUT2D eigenvalue weighted by molar-refractivity contribution is 5.78. The Labute approximate surface area is 144 Å². The second kappa shape index (κ2) is 7.42. The van der Waals surface area contributed by atoms with E-state index in [0.717, 1.165) is 0 Å². The fraction of sp³-hybridized carbons (Fsp3) is 0.412. The summed E-state index contributed by atoms with van der Waals surface area (Å²) < 4.78 is 19.1. The van der Waals surface area contributed by atoms with Gasteiger partial charge in [0.1, 0.15) is 11.9 Å². The standard InChI is InChI=1S/C17H19FN4O3/c1-2-15(23)19-9-14-20-17(25-21-14)13-7-8-16(24)22(13)10-11-5-3-4-6-12(11)18/h3-6,13H,2,7-10H2,1H3,(H,19,23)/t13-/m0/s1. The van der Waals surface area contributed by atoms with Crippen LogP contribution >= 0.6 is 0 Å². The zero-order valence-corrected chi connectivity index (χ0v) is 13.9. The fourth-order valence-corrected chi connectivity index (χ4v) is 2.78. The quantitative estimate of drug-likeness (QED) is 0.865. The van der Waals surface area contributed by atoms with Crippen LogP contribution in [0.4, 0.5) is 4.39 Å². The Morgan fingerprint density at radius 2 is 2.24 bits per heavy atom. The van der Waals surface area contributed by atoms with E-state index in [-0.39, 0.29) is 36.8 Å². The number of nitrogens with zero attached hydrogens (tertiary/aromatic N) is 3. The van der Waals surface area contributed by atoms with Crippen molar-refractivity contribution in [3.05, 3.63) is 47.4 Å². The highest BCUT2D eigenvalue weighted by Crippen LogP contribution is 2.33.